The number of hydrogen-bond acceptors (Lipinski definition) is 8. The molecule has 0 aliphatic heterocycles. The van der Waals surface area contributed by atoms with Gasteiger partial charge in [-0.1, -0.05) is 54.0 Å². The molecule has 244 valence electrons. The molecule has 1 aromatic heterocycles. The average molecular weight is 629 g/mol. The van der Waals surface area contributed by atoms with Crippen molar-refractivity contribution in [3.8, 4) is 5.75 Å². The Morgan fingerprint density at radius 3 is 2.33 bits per heavy atom. The zero-order valence-electron chi connectivity index (χ0n) is 28.1. The van der Waals surface area contributed by atoms with Crippen molar-refractivity contribution in [3.05, 3.63) is 75.1 Å². The molecule has 5 rings (SSSR count). The molecule has 9 nitrogen and oxygen atoms in total. The Labute approximate surface area is 269 Å². The highest BCUT2D eigenvalue weighted by Gasteiger charge is 2.72. The highest BCUT2D eigenvalue weighted by Crippen LogP contribution is 2.65. The summed E-state index contributed by atoms with van der Waals surface area (Å²) in [6.07, 6.45) is 3.37. The smallest absolute Gasteiger partial charge is 0.253 e. The number of allylic oxidation sites excluding steroid dienone is 1. The van der Waals surface area contributed by atoms with Crippen LogP contribution in [-0.4, -0.2) is 49.2 Å². The molecule has 0 bridgehead atoms. The van der Waals surface area contributed by atoms with Crippen LogP contribution in [0.5, 0.6) is 5.75 Å². The number of aliphatic hydroxyl groups is 2. The lowest BCUT2D eigenvalue weighted by molar-refractivity contribution is -0.180. The predicted molar refractivity (Wildman–Crippen MR) is 173 cm³/mol. The Hall–Kier alpha value is -4.11. The summed E-state index contributed by atoms with van der Waals surface area (Å²) in [5, 5.41) is 39.0. The number of benzene rings is 1. The molecule has 0 spiro atoms. The number of phenols is 1. The second-order valence-corrected chi connectivity index (χ2v) is 15.2. The lowest BCUT2D eigenvalue weighted by Gasteiger charge is -2.60. The van der Waals surface area contributed by atoms with Gasteiger partial charge in [-0.3, -0.25) is 24.2 Å². The number of phenolic OH excluding ortho intramolecular Hbond substituents is 1. The van der Waals surface area contributed by atoms with Gasteiger partial charge in [-0.25, -0.2) is 0 Å². The zero-order valence-corrected chi connectivity index (χ0v) is 28.1. The number of carbonyl (C=O) groups excluding carboxylic acids is 4. The fourth-order valence-corrected chi connectivity index (χ4v) is 8.89. The van der Waals surface area contributed by atoms with Gasteiger partial charge in [0, 0.05) is 40.9 Å². The van der Waals surface area contributed by atoms with Crippen molar-refractivity contribution in [1.29, 1.82) is 0 Å². The van der Waals surface area contributed by atoms with Crippen molar-refractivity contribution in [3.63, 3.8) is 0 Å². The minimum atomic E-state index is -2.60. The Kier molecular flexibility index (Phi) is 7.75. The number of aromatic hydroxyl groups is 1. The van der Waals surface area contributed by atoms with Crippen LogP contribution >= 0.6 is 0 Å². The van der Waals surface area contributed by atoms with Crippen molar-refractivity contribution in [1.82, 2.24) is 10.3 Å². The van der Waals surface area contributed by atoms with Gasteiger partial charge in [0.1, 0.15) is 11.5 Å². The highest BCUT2D eigenvalue weighted by atomic mass is 16.3. The molecule has 4 N–H and O–H groups in total. The number of amides is 1. The molecule has 1 heterocycles. The minimum absolute atomic E-state index is 0.0493. The molecule has 9 heteroatoms. The van der Waals surface area contributed by atoms with Crippen LogP contribution < -0.4 is 5.32 Å². The third-order valence-electron chi connectivity index (χ3n) is 10.6. The molecular weight excluding hydrogens is 584 g/mol. The standard InChI is InChI=1S/C37H44N2O7/c1-18(2)27-19(3)25(20(4)40)31(43)37(46)32(44)28-30(42)26-23(14-35(28,8)17-36(27,37)9)22(13-24(29(26)41)34(5,6)7)16-39-33(45)21-11-10-12-38-15-21/h10-13,15,18,27,41-42,46H,14,16-17H2,1-9H3,(H,39,45)/t27-,35+,36+,37-/m1/s1. The van der Waals surface area contributed by atoms with Gasteiger partial charge >= 0.3 is 0 Å². The van der Waals surface area contributed by atoms with Crippen molar-refractivity contribution in [2.75, 3.05) is 0 Å². The fourth-order valence-electron chi connectivity index (χ4n) is 8.89. The third kappa shape index (κ3) is 4.57. The maximum atomic E-state index is 14.7. The van der Waals surface area contributed by atoms with Crippen LogP contribution in [0.4, 0.5) is 0 Å². The first kappa shape index (κ1) is 33.3. The quantitative estimate of drug-likeness (QED) is 0.256. The van der Waals surface area contributed by atoms with Crippen LogP contribution in [0.25, 0.3) is 5.76 Å². The van der Waals surface area contributed by atoms with Crippen molar-refractivity contribution in [2.45, 2.75) is 92.7 Å². The van der Waals surface area contributed by atoms with E-state index in [1.54, 1.807) is 32.2 Å². The number of aliphatic hydroxyl groups excluding tert-OH is 1. The molecule has 3 aliphatic rings. The van der Waals surface area contributed by atoms with Gasteiger partial charge in [-0.15, -0.1) is 0 Å². The van der Waals surface area contributed by atoms with Gasteiger partial charge < -0.3 is 20.6 Å². The van der Waals surface area contributed by atoms with Crippen LogP contribution in [0.3, 0.4) is 0 Å². The highest BCUT2D eigenvalue weighted by molar-refractivity contribution is 6.33. The molecule has 0 radical (unpaired) electrons. The average Bonchev–Trinajstić information content (AvgIpc) is 2.93. The maximum Gasteiger partial charge on any atom is 0.253 e. The monoisotopic (exact) mass is 628 g/mol. The lowest BCUT2D eigenvalue weighted by Crippen LogP contribution is -2.70. The van der Waals surface area contributed by atoms with E-state index < -0.39 is 50.9 Å². The van der Waals surface area contributed by atoms with Gasteiger partial charge in [0.05, 0.1) is 16.7 Å². The van der Waals surface area contributed by atoms with E-state index in [0.29, 0.717) is 27.8 Å². The number of nitrogens with one attached hydrogen (secondary N) is 1. The second-order valence-electron chi connectivity index (χ2n) is 15.2. The fraction of sp³-hybridized carbons (Fsp3) is 0.486. The van der Waals surface area contributed by atoms with Crippen molar-refractivity contribution < 1.29 is 34.5 Å². The molecular formula is C37H44N2O7. The number of aromatic nitrogens is 1. The second kappa shape index (κ2) is 10.7. The molecule has 0 unspecified atom stereocenters. The Morgan fingerprint density at radius 1 is 1.13 bits per heavy atom. The summed E-state index contributed by atoms with van der Waals surface area (Å²) in [4.78, 5) is 58.6. The molecule has 4 atom stereocenters. The Bertz CT molecular complexity index is 1760. The number of nitrogens with zero attached hydrogens (tertiary/aromatic N) is 1. The number of Topliss-reactive ketones (excluding diaryl/α,β-unsaturated/α-hetero) is 3. The number of fused-ring (bicyclic) bond motifs is 3. The van der Waals surface area contributed by atoms with Crippen molar-refractivity contribution in [2.24, 2.45) is 22.7 Å². The minimum Gasteiger partial charge on any atom is -0.507 e. The van der Waals surface area contributed by atoms with Crippen molar-refractivity contribution >= 4 is 29.0 Å². The van der Waals surface area contributed by atoms with Crippen LogP contribution in [0.1, 0.15) is 101 Å². The predicted octanol–water partition coefficient (Wildman–Crippen LogP) is 5.32. The molecule has 1 aromatic carbocycles. The van der Waals surface area contributed by atoms with E-state index in [4.69, 9.17) is 0 Å². The van der Waals surface area contributed by atoms with Gasteiger partial charge in [0.2, 0.25) is 11.6 Å². The first-order chi connectivity index (χ1) is 21.2. The largest absolute Gasteiger partial charge is 0.507 e. The maximum absolute atomic E-state index is 14.7. The first-order valence-electron chi connectivity index (χ1n) is 15.8. The summed E-state index contributed by atoms with van der Waals surface area (Å²) >= 11 is 0. The van der Waals surface area contributed by atoms with E-state index in [9.17, 15) is 34.5 Å². The first-order valence-corrected chi connectivity index (χ1v) is 15.8. The van der Waals surface area contributed by atoms with E-state index in [2.05, 4.69) is 10.3 Å². The number of carbonyl (C=O) groups is 4. The SMILES string of the molecule is CC(=O)C1=C(C)[C@@H](C(C)C)[C@]2(C)C[C@]3(C)Cc4c(CNC(=O)c5cccnc5)cc(C(C)(C)C)c(O)c4C(O)=C3C(=O)[C@]2(O)C1=O. The third-order valence-corrected chi connectivity index (χ3v) is 10.6. The molecule has 1 fully saturated rings. The summed E-state index contributed by atoms with van der Waals surface area (Å²) in [5.41, 5.74) is -3.16. The van der Waals surface area contributed by atoms with Crippen LogP contribution in [0.2, 0.25) is 0 Å². The number of rotatable bonds is 5. The van der Waals surface area contributed by atoms with Gasteiger partial charge in [0.25, 0.3) is 5.91 Å². The molecule has 3 aliphatic carbocycles. The normalized spacial score (nSPS) is 27.8. The van der Waals surface area contributed by atoms with Crippen LogP contribution in [-0.2, 0) is 32.8 Å². The summed E-state index contributed by atoms with van der Waals surface area (Å²) in [5.74, 6) is -4.09. The number of ketones is 3. The number of hydrogen-bond donors (Lipinski definition) is 4. The van der Waals surface area contributed by atoms with E-state index in [1.165, 1.54) is 13.1 Å². The summed E-state index contributed by atoms with van der Waals surface area (Å²) < 4.78 is 0. The van der Waals surface area contributed by atoms with E-state index >= 15 is 0 Å². The van der Waals surface area contributed by atoms with E-state index in [1.807, 2.05) is 47.6 Å². The zero-order chi connectivity index (χ0) is 34.3. The molecule has 1 amide bonds. The Balaban J connectivity index is 1.74. The Morgan fingerprint density at radius 2 is 1.78 bits per heavy atom. The topological polar surface area (TPSA) is 154 Å². The van der Waals surface area contributed by atoms with E-state index in [-0.39, 0.29) is 53.7 Å². The molecule has 2 aromatic rings. The summed E-state index contributed by atoms with van der Waals surface area (Å²) in [6, 6.07) is 5.14. The van der Waals surface area contributed by atoms with Gasteiger partial charge in [-0.05, 0) is 73.3 Å². The van der Waals surface area contributed by atoms with Gasteiger partial charge in [0.15, 0.2) is 11.4 Å². The summed E-state index contributed by atoms with van der Waals surface area (Å²) in [7, 11) is 0. The van der Waals surface area contributed by atoms with E-state index in [0.717, 1.165) is 0 Å². The van der Waals surface area contributed by atoms with Crippen LogP contribution in [0.15, 0.2) is 47.3 Å². The summed E-state index contributed by atoms with van der Waals surface area (Å²) in [6.45, 7) is 16.2. The number of pyridine rings is 1. The molecule has 0 saturated heterocycles. The molecule has 1 saturated carbocycles. The molecule has 46 heavy (non-hydrogen) atoms. The van der Waals surface area contributed by atoms with Crippen LogP contribution in [0, 0.1) is 22.7 Å². The lowest BCUT2D eigenvalue weighted by atomic mass is 9.42. The van der Waals surface area contributed by atoms with Gasteiger partial charge in [-0.2, -0.15) is 0 Å².